The maximum absolute atomic E-state index is 10.3. The molecule has 0 N–H and O–H groups in total. The van der Waals surface area contributed by atoms with Gasteiger partial charge in [-0.25, -0.2) is 0 Å². The van der Waals surface area contributed by atoms with Crippen molar-refractivity contribution >= 4 is 57.4 Å². The average Bonchev–Trinajstić information content (AvgIpc) is 1.96. The molecule has 68 valence electrons. The summed E-state index contributed by atoms with van der Waals surface area (Å²) in [7, 11) is 0. The van der Waals surface area contributed by atoms with Crippen molar-refractivity contribution in [3.63, 3.8) is 0 Å². The zero-order valence-electron chi connectivity index (χ0n) is 7.56. The summed E-state index contributed by atoms with van der Waals surface area (Å²) < 4.78 is 4.78. The molecule has 0 fully saturated rings. The second-order valence-corrected chi connectivity index (χ2v) is 2.75. The molecule has 0 rings (SSSR count). The Balaban J connectivity index is 0. The third-order valence-corrected chi connectivity index (χ3v) is 1.55. The number of rotatable bonds is 6. The Morgan fingerprint density at radius 1 is 1.17 bits per heavy atom. The van der Waals surface area contributed by atoms with E-state index in [1.165, 1.54) is 32.6 Å². The molecule has 0 heterocycles. The number of unbranched alkanes of at least 4 members (excludes halogenated alkanes) is 4. The van der Waals surface area contributed by atoms with Gasteiger partial charge in [-0.2, -0.15) is 0 Å². The Hall–Kier alpha value is 1.11. The van der Waals surface area contributed by atoms with Crippen LogP contribution in [0.5, 0.6) is 0 Å². The van der Waals surface area contributed by atoms with E-state index in [1.807, 2.05) is 0 Å². The first-order valence-electron chi connectivity index (χ1n) is 4.40. The van der Waals surface area contributed by atoms with Crippen molar-refractivity contribution in [1.82, 2.24) is 0 Å². The Kier molecular flexibility index (Phi) is 15.7. The van der Waals surface area contributed by atoms with Crippen LogP contribution in [0.15, 0.2) is 0 Å². The van der Waals surface area contributed by atoms with E-state index in [0.717, 1.165) is 6.42 Å². The Labute approximate surface area is 118 Å². The van der Waals surface area contributed by atoms with Crippen molar-refractivity contribution < 1.29 is 9.53 Å². The summed E-state index contributed by atoms with van der Waals surface area (Å²) in [4.78, 5) is 10.3. The van der Waals surface area contributed by atoms with Gasteiger partial charge in [-0.15, -0.1) is 0 Å². The van der Waals surface area contributed by atoms with Gasteiger partial charge in [-0.05, 0) is 6.42 Å². The van der Waals surface area contributed by atoms with Gasteiger partial charge >= 0.3 is 57.4 Å². The van der Waals surface area contributed by atoms with Gasteiger partial charge in [0.1, 0.15) is 0 Å². The van der Waals surface area contributed by atoms with E-state index in [9.17, 15) is 4.79 Å². The molecule has 0 amide bonds. The van der Waals surface area contributed by atoms with Crippen molar-refractivity contribution in [3.05, 3.63) is 0 Å². The summed E-state index contributed by atoms with van der Waals surface area (Å²) in [5, 5.41) is 0. The third-order valence-electron chi connectivity index (χ3n) is 1.55. The maximum atomic E-state index is 10.3. The minimum absolute atomic E-state index is 0. The predicted molar refractivity (Wildman–Crippen MR) is 52.5 cm³/mol. The number of carbonyl (C=O) groups is 1. The monoisotopic (exact) mass is 198 g/mol. The van der Waals surface area contributed by atoms with Gasteiger partial charge in [0.05, 0.1) is 6.61 Å². The van der Waals surface area contributed by atoms with Gasteiger partial charge in [-0.3, -0.25) is 4.79 Å². The van der Waals surface area contributed by atoms with E-state index in [2.05, 4.69) is 6.92 Å². The molecule has 0 aliphatic heterocycles. The van der Waals surface area contributed by atoms with Gasteiger partial charge in [0.25, 0.3) is 0 Å². The second kappa shape index (κ2) is 12.1. The van der Waals surface area contributed by atoms with Crippen molar-refractivity contribution in [3.8, 4) is 0 Å². The van der Waals surface area contributed by atoms with Crippen LogP contribution in [0.1, 0.15) is 46.0 Å². The van der Waals surface area contributed by atoms with Crippen LogP contribution in [0.25, 0.3) is 0 Å². The number of carbonyl (C=O) groups excluding carboxylic acids is 1. The van der Waals surface area contributed by atoms with Gasteiger partial charge in [0.2, 0.25) is 0 Å². The summed E-state index contributed by atoms with van der Waals surface area (Å²) in [6.07, 6.45) is 6.01. The molecule has 12 heavy (non-hydrogen) atoms. The number of hydrogen-bond acceptors (Lipinski definition) is 2. The van der Waals surface area contributed by atoms with Crippen molar-refractivity contribution in [2.75, 3.05) is 6.61 Å². The fourth-order valence-corrected chi connectivity index (χ4v) is 0.922. The van der Waals surface area contributed by atoms with E-state index in [4.69, 9.17) is 4.74 Å². The molecular weight excluding hydrogens is 179 g/mol. The van der Waals surface area contributed by atoms with E-state index >= 15 is 0 Å². The second-order valence-electron chi connectivity index (χ2n) is 2.75. The quantitative estimate of drug-likeness (QED) is 0.370. The number of esters is 1. The molecule has 0 radical (unpaired) electrons. The average molecular weight is 198 g/mol. The van der Waals surface area contributed by atoms with Crippen molar-refractivity contribution in [2.45, 2.75) is 46.0 Å². The molecule has 0 bridgehead atoms. The fraction of sp³-hybridized carbons (Fsp3) is 0.889. The number of ether oxygens (including phenoxy) is 1. The van der Waals surface area contributed by atoms with Crippen LogP contribution in [-0.2, 0) is 9.53 Å². The molecular formula is C9H19KO2. The first kappa shape index (κ1) is 15.6. The Bertz CT molecular complexity index is 105. The summed E-state index contributed by atoms with van der Waals surface area (Å²) in [5.41, 5.74) is 0. The van der Waals surface area contributed by atoms with Crippen LogP contribution < -0.4 is 0 Å². The summed E-state index contributed by atoms with van der Waals surface area (Å²) in [6, 6.07) is 0. The molecule has 0 aromatic rings. The van der Waals surface area contributed by atoms with Gasteiger partial charge < -0.3 is 4.74 Å². The van der Waals surface area contributed by atoms with Gasteiger partial charge in [0, 0.05) is 6.92 Å². The van der Waals surface area contributed by atoms with E-state index in [1.54, 1.807) is 0 Å². The normalized spacial score (nSPS) is 8.83. The fourth-order valence-electron chi connectivity index (χ4n) is 0.922. The zero-order chi connectivity index (χ0) is 8.53. The molecule has 0 saturated heterocycles. The molecule has 3 heteroatoms. The first-order chi connectivity index (χ1) is 5.27. The van der Waals surface area contributed by atoms with E-state index < -0.39 is 0 Å². The van der Waals surface area contributed by atoms with Crippen LogP contribution in [0.3, 0.4) is 0 Å². The zero-order valence-corrected chi connectivity index (χ0v) is 7.56. The molecule has 0 aliphatic carbocycles. The van der Waals surface area contributed by atoms with E-state index in [0.29, 0.717) is 6.61 Å². The molecule has 0 unspecified atom stereocenters. The van der Waals surface area contributed by atoms with Crippen LogP contribution in [0.4, 0.5) is 0 Å². The topological polar surface area (TPSA) is 26.3 Å². The minimum atomic E-state index is -0.166. The standard InChI is InChI=1S/C9H18O2.K.H/c1-3-4-5-6-7-8-11-9(2)10;;/h3-8H2,1-2H3;;. The van der Waals surface area contributed by atoms with Crippen LogP contribution >= 0.6 is 0 Å². The predicted octanol–water partition coefficient (Wildman–Crippen LogP) is 1.87. The Morgan fingerprint density at radius 3 is 2.25 bits per heavy atom. The molecule has 0 aliphatic rings. The van der Waals surface area contributed by atoms with Crippen LogP contribution in [0, 0.1) is 0 Å². The summed E-state index contributed by atoms with van der Waals surface area (Å²) >= 11 is 0. The Morgan fingerprint density at radius 2 is 1.75 bits per heavy atom. The third kappa shape index (κ3) is 13.7. The van der Waals surface area contributed by atoms with Gasteiger partial charge in [0.15, 0.2) is 0 Å². The van der Waals surface area contributed by atoms with Crippen LogP contribution in [0.2, 0.25) is 0 Å². The van der Waals surface area contributed by atoms with Crippen LogP contribution in [-0.4, -0.2) is 64.0 Å². The molecule has 0 aromatic carbocycles. The SMILES string of the molecule is CCCCCCCOC(C)=O.[KH]. The van der Waals surface area contributed by atoms with Crippen molar-refractivity contribution in [1.29, 1.82) is 0 Å². The van der Waals surface area contributed by atoms with Gasteiger partial charge in [-0.1, -0.05) is 32.6 Å². The molecule has 0 atom stereocenters. The molecule has 0 spiro atoms. The molecule has 0 aromatic heterocycles. The molecule has 0 saturated carbocycles. The summed E-state index contributed by atoms with van der Waals surface area (Å²) in [5.74, 6) is -0.166. The van der Waals surface area contributed by atoms with Crippen molar-refractivity contribution in [2.24, 2.45) is 0 Å². The molecule has 2 nitrogen and oxygen atoms in total. The summed E-state index contributed by atoms with van der Waals surface area (Å²) in [6.45, 7) is 4.23. The first-order valence-corrected chi connectivity index (χ1v) is 4.40. The van der Waals surface area contributed by atoms with E-state index in [-0.39, 0.29) is 57.4 Å². The number of hydrogen-bond donors (Lipinski definition) is 0.